The van der Waals surface area contributed by atoms with Crippen molar-refractivity contribution in [2.75, 3.05) is 19.6 Å². The van der Waals surface area contributed by atoms with E-state index in [1.807, 2.05) is 11.8 Å². The molecule has 0 bridgehead atoms. The summed E-state index contributed by atoms with van der Waals surface area (Å²) in [5.74, 6) is -0.851. The number of aliphatic carboxylic acids is 1. The number of carboxylic acid groups (broad SMARTS) is 1. The smallest absolute Gasteiger partial charge is 0.329 e. The highest BCUT2D eigenvalue weighted by atomic mass is 16.4. The fourth-order valence-corrected chi connectivity index (χ4v) is 3.33. The van der Waals surface area contributed by atoms with Gasteiger partial charge in [0.2, 0.25) is 0 Å². The second-order valence-electron chi connectivity index (χ2n) is 5.63. The Morgan fingerprint density at radius 1 is 1.05 bits per heavy atom. The number of nitrogens with zero attached hydrogens (tertiary/aromatic N) is 2. The van der Waals surface area contributed by atoms with Gasteiger partial charge in [-0.1, -0.05) is 19.8 Å². The Morgan fingerprint density at radius 2 is 1.68 bits per heavy atom. The third-order valence-electron chi connectivity index (χ3n) is 4.58. The number of hydrogen-bond donors (Lipinski definition) is 1. The van der Waals surface area contributed by atoms with Crippen LogP contribution in [0.4, 0.5) is 4.79 Å². The number of carbonyl (C=O) groups is 2. The molecule has 1 unspecified atom stereocenters. The van der Waals surface area contributed by atoms with E-state index in [1.54, 1.807) is 4.90 Å². The van der Waals surface area contributed by atoms with Gasteiger partial charge >= 0.3 is 12.0 Å². The maximum atomic E-state index is 12.6. The molecule has 2 aliphatic heterocycles. The van der Waals surface area contributed by atoms with Gasteiger partial charge in [0.05, 0.1) is 0 Å². The average molecular weight is 268 g/mol. The van der Waals surface area contributed by atoms with E-state index in [4.69, 9.17) is 0 Å². The molecule has 2 saturated heterocycles. The van der Waals surface area contributed by atoms with Crippen molar-refractivity contribution in [2.24, 2.45) is 0 Å². The van der Waals surface area contributed by atoms with Crippen molar-refractivity contribution in [3.63, 3.8) is 0 Å². The van der Waals surface area contributed by atoms with Gasteiger partial charge in [-0.25, -0.2) is 9.59 Å². The second kappa shape index (κ2) is 5.80. The molecule has 1 atom stereocenters. The van der Waals surface area contributed by atoms with E-state index >= 15 is 0 Å². The monoisotopic (exact) mass is 268 g/mol. The van der Waals surface area contributed by atoms with E-state index in [1.165, 1.54) is 12.8 Å². The van der Waals surface area contributed by atoms with E-state index in [0.29, 0.717) is 19.4 Å². The zero-order chi connectivity index (χ0) is 13.9. The molecule has 108 valence electrons. The predicted octanol–water partition coefficient (Wildman–Crippen LogP) is 2.31. The maximum Gasteiger partial charge on any atom is 0.329 e. The first-order valence-corrected chi connectivity index (χ1v) is 7.42. The Bertz CT molecular complexity index is 351. The Kier molecular flexibility index (Phi) is 4.32. The zero-order valence-electron chi connectivity index (χ0n) is 11.7. The Morgan fingerprint density at radius 3 is 2.21 bits per heavy atom. The normalized spacial score (nSPS) is 28.3. The van der Waals surface area contributed by atoms with Gasteiger partial charge < -0.3 is 14.9 Å². The summed E-state index contributed by atoms with van der Waals surface area (Å²) < 4.78 is 0. The van der Waals surface area contributed by atoms with Crippen molar-refractivity contribution in [3.05, 3.63) is 0 Å². The molecule has 2 fully saturated rings. The minimum Gasteiger partial charge on any atom is -0.479 e. The number of rotatable bonds is 2. The fraction of sp³-hybridized carbons (Fsp3) is 0.857. The molecule has 2 amide bonds. The molecule has 0 aromatic heterocycles. The molecule has 2 rings (SSSR count). The van der Waals surface area contributed by atoms with Crippen LogP contribution in [0.25, 0.3) is 0 Å². The lowest BCUT2D eigenvalue weighted by molar-refractivity contribution is -0.148. The summed E-state index contributed by atoms with van der Waals surface area (Å²) in [7, 11) is 0. The van der Waals surface area contributed by atoms with Crippen LogP contribution in [0.5, 0.6) is 0 Å². The van der Waals surface area contributed by atoms with Crippen molar-refractivity contribution < 1.29 is 14.7 Å². The highest BCUT2D eigenvalue weighted by Gasteiger charge is 2.49. The molecular formula is C14H24N2O3. The van der Waals surface area contributed by atoms with Crippen LogP contribution in [0.2, 0.25) is 0 Å². The number of urea groups is 1. The van der Waals surface area contributed by atoms with Crippen LogP contribution >= 0.6 is 0 Å². The number of carboxylic acids is 1. The van der Waals surface area contributed by atoms with Gasteiger partial charge in [0.25, 0.3) is 0 Å². The van der Waals surface area contributed by atoms with Gasteiger partial charge in [-0.3, -0.25) is 0 Å². The minimum absolute atomic E-state index is 0.0661. The van der Waals surface area contributed by atoms with Crippen LogP contribution in [0.3, 0.4) is 0 Å². The summed E-state index contributed by atoms with van der Waals surface area (Å²) in [6, 6.07) is -0.0661. The van der Waals surface area contributed by atoms with E-state index in [9.17, 15) is 14.7 Å². The molecule has 2 heterocycles. The van der Waals surface area contributed by atoms with Crippen LogP contribution < -0.4 is 0 Å². The van der Waals surface area contributed by atoms with Gasteiger partial charge in [0.15, 0.2) is 0 Å². The van der Waals surface area contributed by atoms with Gasteiger partial charge in [0, 0.05) is 19.6 Å². The molecule has 5 heteroatoms. The lowest BCUT2D eigenvalue weighted by Gasteiger charge is -2.37. The summed E-state index contributed by atoms with van der Waals surface area (Å²) in [6.07, 6.45) is 6.26. The Balaban J connectivity index is 2.14. The topological polar surface area (TPSA) is 60.9 Å². The molecule has 19 heavy (non-hydrogen) atoms. The molecular weight excluding hydrogens is 244 g/mol. The summed E-state index contributed by atoms with van der Waals surface area (Å²) in [5.41, 5.74) is -0.969. The van der Waals surface area contributed by atoms with Crippen molar-refractivity contribution in [1.82, 2.24) is 9.80 Å². The summed E-state index contributed by atoms with van der Waals surface area (Å²) in [4.78, 5) is 27.7. The molecule has 0 radical (unpaired) electrons. The standard InChI is InChI=1S/C14H24N2O3/c1-2-14(12(17)18)8-7-11-16(14)13(19)15-9-5-3-4-6-10-15/h2-11H2,1H3,(H,17,18). The van der Waals surface area contributed by atoms with Gasteiger partial charge in [0.1, 0.15) is 5.54 Å². The molecule has 0 aliphatic carbocycles. The average Bonchev–Trinajstić information content (AvgIpc) is 2.66. The minimum atomic E-state index is -0.969. The molecule has 0 spiro atoms. The van der Waals surface area contributed by atoms with Gasteiger partial charge in [-0.2, -0.15) is 0 Å². The first-order valence-electron chi connectivity index (χ1n) is 7.42. The van der Waals surface area contributed by atoms with Crippen LogP contribution in [0.15, 0.2) is 0 Å². The van der Waals surface area contributed by atoms with Crippen LogP contribution in [-0.4, -0.2) is 52.1 Å². The quantitative estimate of drug-likeness (QED) is 0.836. The highest BCUT2D eigenvalue weighted by Crippen LogP contribution is 2.34. The highest BCUT2D eigenvalue weighted by molar-refractivity contribution is 5.87. The van der Waals surface area contributed by atoms with E-state index < -0.39 is 11.5 Å². The van der Waals surface area contributed by atoms with Crippen molar-refractivity contribution in [3.8, 4) is 0 Å². The number of hydrogen-bond acceptors (Lipinski definition) is 2. The molecule has 2 aliphatic rings. The fourth-order valence-electron chi connectivity index (χ4n) is 3.33. The van der Waals surface area contributed by atoms with Gasteiger partial charge in [-0.05, 0) is 32.1 Å². The molecule has 1 N–H and O–H groups in total. The largest absolute Gasteiger partial charge is 0.479 e. The Labute approximate surface area is 114 Å². The van der Waals surface area contributed by atoms with Crippen LogP contribution in [0, 0.1) is 0 Å². The Hall–Kier alpha value is -1.26. The van der Waals surface area contributed by atoms with Crippen molar-refractivity contribution in [2.45, 2.75) is 57.4 Å². The zero-order valence-corrected chi connectivity index (χ0v) is 11.7. The predicted molar refractivity (Wildman–Crippen MR) is 72.0 cm³/mol. The van der Waals surface area contributed by atoms with E-state index in [2.05, 4.69) is 0 Å². The first-order chi connectivity index (χ1) is 9.12. The van der Waals surface area contributed by atoms with Crippen molar-refractivity contribution >= 4 is 12.0 Å². The molecule has 5 nitrogen and oxygen atoms in total. The first kappa shape index (κ1) is 14.2. The molecule has 0 saturated carbocycles. The van der Waals surface area contributed by atoms with Crippen molar-refractivity contribution in [1.29, 1.82) is 0 Å². The summed E-state index contributed by atoms with van der Waals surface area (Å²) in [6.45, 7) is 3.99. The second-order valence-corrected chi connectivity index (χ2v) is 5.63. The third-order valence-corrected chi connectivity index (χ3v) is 4.58. The molecule has 0 aromatic carbocycles. The van der Waals surface area contributed by atoms with Gasteiger partial charge in [-0.15, -0.1) is 0 Å². The lowest BCUT2D eigenvalue weighted by Crippen LogP contribution is -2.56. The summed E-state index contributed by atoms with van der Waals surface area (Å²) >= 11 is 0. The number of amides is 2. The molecule has 0 aromatic rings. The third kappa shape index (κ3) is 2.55. The van der Waals surface area contributed by atoms with E-state index in [-0.39, 0.29) is 6.03 Å². The maximum absolute atomic E-state index is 12.6. The van der Waals surface area contributed by atoms with Crippen LogP contribution in [0.1, 0.15) is 51.9 Å². The summed E-state index contributed by atoms with van der Waals surface area (Å²) in [5, 5.41) is 9.52. The SMILES string of the molecule is CCC1(C(=O)O)CCCN1C(=O)N1CCCCCC1. The van der Waals surface area contributed by atoms with Crippen LogP contribution in [-0.2, 0) is 4.79 Å². The number of likely N-dealkylation sites (tertiary alicyclic amines) is 2. The van der Waals surface area contributed by atoms with E-state index in [0.717, 1.165) is 32.4 Å². The lowest BCUT2D eigenvalue weighted by atomic mass is 9.93. The number of carbonyl (C=O) groups excluding carboxylic acids is 1.